The van der Waals surface area contributed by atoms with E-state index in [-0.39, 0.29) is 11.4 Å². The molecule has 2 N–H and O–H groups in total. The number of thioether (sulfide) groups is 1. The lowest BCUT2D eigenvalue weighted by Crippen LogP contribution is -2.14. The van der Waals surface area contributed by atoms with Crippen LogP contribution in [0.3, 0.4) is 0 Å². The third-order valence-electron chi connectivity index (χ3n) is 2.67. The molecule has 108 valence electrons. The van der Waals surface area contributed by atoms with E-state index in [0.29, 0.717) is 22.1 Å². The van der Waals surface area contributed by atoms with Crippen LogP contribution >= 0.6 is 23.1 Å². The first-order valence-corrected chi connectivity index (χ1v) is 7.87. The van der Waals surface area contributed by atoms with Crippen LogP contribution in [0.4, 0.5) is 10.1 Å². The van der Waals surface area contributed by atoms with Crippen LogP contribution in [0, 0.1) is 12.7 Å². The lowest BCUT2D eigenvalue weighted by molar-refractivity contribution is 0.625. The number of nitrogens with two attached hydrogens (primary N) is 1. The first kappa shape index (κ1) is 14.0. The minimum absolute atomic E-state index is 0.194. The Morgan fingerprint density at radius 3 is 2.95 bits per heavy atom. The molecule has 0 fully saturated rings. The SMILES string of the molecule is Cc1cc(=O)n2nc(CSc3cc(N)cc(F)c3)sc2n1. The Labute approximate surface area is 127 Å². The summed E-state index contributed by atoms with van der Waals surface area (Å²) in [5.74, 6) is 0.158. The van der Waals surface area contributed by atoms with E-state index in [0.717, 1.165) is 9.90 Å². The molecule has 1 aromatic carbocycles. The summed E-state index contributed by atoms with van der Waals surface area (Å²) < 4.78 is 14.5. The van der Waals surface area contributed by atoms with Crippen molar-refractivity contribution in [2.24, 2.45) is 0 Å². The Morgan fingerprint density at radius 1 is 1.38 bits per heavy atom. The molecule has 0 amide bonds. The molecule has 0 aliphatic carbocycles. The highest BCUT2D eigenvalue weighted by Crippen LogP contribution is 2.27. The van der Waals surface area contributed by atoms with Crippen molar-refractivity contribution in [3.8, 4) is 0 Å². The zero-order chi connectivity index (χ0) is 15.0. The molecule has 8 heteroatoms. The van der Waals surface area contributed by atoms with Gasteiger partial charge in [-0.25, -0.2) is 9.37 Å². The van der Waals surface area contributed by atoms with Crippen LogP contribution < -0.4 is 11.3 Å². The first-order chi connectivity index (χ1) is 10.0. The van der Waals surface area contributed by atoms with Gasteiger partial charge in [-0.1, -0.05) is 11.3 Å². The normalized spacial score (nSPS) is 11.1. The molecule has 3 rings (SSSR count). The number of nitrogens with zero attached hydrogens (tertiary/aromatic N) is 3. The second-order valence-electron chi connectivity index (χ2n) is 4.43. The highest BCUT2D eigenvalue weighted by Gasteiger charge is 2.08. The fraction of sp³-hybridized carbons (Fsp3) is 0.154. The fourth-order valence-corrected chi connectivity index (χ4v) is 3.75. The maximum absolute atomic E-state index is 13.3. The van der Waals surface area contributed by atoms with E-state index < -0.39 is 0 Å². The maximum atomic E-state index is 13.3. The largest absolute Gasteiger partial charge is 0.399 e. The zero-order valence-corrected chi connectivity index (χ0v) is 12.7. The van der Waals surface area contributed by atoms with Crippen LogP contribution in [0.2, 0.25) is 0 Å². The molecule has 0 radical (unpaired) electrons. The van der Waals surface area contributed by atoms with Gasteiger partial charge in [0.2, 0.25) is 4.96 Å². The molecule has 3 aromatic rings. The van der Waals surface area contributed by atoms with Gasteiger partial charge in [-0.2, -0.15) is 9.61 Å². The Bertz CT molecular complexity index is 854. The molecule has 2 aromatic heterocycles. The number of fused-ring (bicyclic) bond motifs is 1. The van der Waals surface area contributed by atoms with E-state index in [4.69, 9.17) is 5.73 Å². The van der Waals surface area contributed by atoms with Gasteiger partial charge in [0.1, 0.15) is 10.8 Å². The van der Waals surface area contributed by atoms with Crippen molar-refractivity contribution in [2.75, 3.05) is 5.73 Å². The highest BCUT2D eigenvalue weighted by atomic mass is 32.2. The summed E-state index contributed by atoms with van der Waals surface area (Å²) in [5, 5.41) is 4.98. The number of anilines is 1. The van der Waals surface area contributed by atoms with E-state index in [1.54, 1.807) is 13.0 Å². The number of hydrogen-bond acceptors (Lipinski definition) is 6. The van der Waals surface area contributed by atoms with Gasteiger partial charge < -0.3 is 5.73 Å². The van der Waals surface area contributed by atoms with Gasteiger partial charge in [-0.3, -0.25) is 4.79 Å². The summed E-state index contributed by atoms with van der Waals surface area (Å²) >= 11 is 2.76. The van der Waals surface area contributed by atoms with Gasteiger partial charge in [0.25, 0.3) is 5.56 Å². The molecule has 5 nitrogen and oxygen atoms in total. The quantitative estimate of drug-likeness (QED) is 0.592. The number of halogens is 1. The zero-order valence-electron chi connectivity index (χ0n) is 11.0. The molecule has 0 atom stereocenters. The van der Waals surface area contributed by atoms with E-state index >= 15 is 0 Å². The molecule has 0 saturated carbocycles. The minimum Gasteiger partial charge on any atom is -0.399 e. The predicted molar refractivity (Wildman–Crippen MR) is 82.2 cm³/mol. The monoisotopic (exact) mass is 322 g/mol. The Kier molecular flexibility index (Phi) is 3.64. The molecule has 0 aliphatic heterocycles. The Balaban J connectivity index is 1.85. The summed E-state index contributed by atoms with van der Waals surface area (Å²) in [7, 11) is 0. The third-order valence-corrected chi connectivity index (χ3v) is 4.75. The average Bonchev–Trinajstić information content (AvgIpc) is 2.78. The predicted octanol–water partition coefficient (Wildman–Crippen LogP) is 2.47. The summed E-state index contributed by atoms with van der Waals surface area (Å²) in [4.78, 5) is 17.3. The number of benzene rings is 1. The summed E-state index contributed by atoms with van der Waals surface area (Å²) in [6.45, 7) is 1.77. The molecule has 0 aliphatic rings. The second-order valence-corrected chi connectivity index (χ2v) is 6.52. The average molecular weight is 322 g/mol. The molecule has 0 spiro atoms. The van der Waals surface area contributed by atoms with Crippen molar-refractivity contribution in [1.29, 1.82) is 0 Å². The lowest BCUT2D eigenvalue weighted by Gasteiger charge is -2.01. The third kappa shape index (κ3) is 3.06. The fourth-order valence-electron chi connectivity index (χ4n) is 1.83. The van der Waals surface area contributed by atoms with Crippen molar-refractivity contribution in [3.05, 3.63) is 51.1 Å². The van der Waals surface area contributed by atoms with Gasteiger partial charge >= 0.3 is 0 Å². The van der Waals surface area contributed by atoms with E-state index in [1.165, 1.54) is 45.8 Å². The van der Waals surface area contributed by atoms with Crippen LogP contribution in [-0.4, -0.2) is 14.6 Å². The van der Waals surface area contributed by atoms with Crippen molar-refractivity contribution < 1.29 is 4.39 Å². The van der Waals surface area contributed by atoms with Gasteiger partial charge in [-0.05, 0) is 25.1 Å². The van der Waals surface area contributed by atoms with E-state index in [9.17, 15) is 9.18 Å². The van der Waals surface area contributed by atoms with Crippen LogP contribution in [0.1, 0.15) is 10.7 Å². The molecule has 2 heterocycles. The highest BCUT2D eigenvalue weighted by molar-refractivity contribution is 7.98. The topological polar surface area (TPSA) is 73.3 Å². The number of rotatable bonds is 3. The molecule has 0 saturated heterocycles. The number of aryl methyl sites for hydroxylation is 1. The summed E-state index contributed by atoms with van der Waals surface area (Å²) in [6, 6.07) is 5.84. The smallest absolute Gasteiger partial charge is 0.275 e. The van der Waals surface area contributed by atoms with Gasteiger partial charge in [-0.15, -0.1) is 11.8 Å². The maximum Gasteiger partial charge on any atom is 0.275 e. The Morgan fingerprint density at radius 2 is 2.19 bits per heavy atom. The number of aromatic nitrogens is 3. The minimum atomic E-state index is -0.365. The van der Waals surface area contributed by atoms with Crippen molar-refractivity contribution in [2.45, 2.75) is 17.6 Å². The number of hydrogen-bond donors (Lipinski definition) is 1. The van der Waals surface area contributed by atoms with Crippen LogP contribution in [0.15, 0.2) is 34.0 Å². The molecule has 21 heavy (non-hydrogen) atoms. The van der Waals surface area contributed by atoms with Crippen molar-refractivity contribution in [3.63, 3.8) is 0 Å². The van der Waals surface area contributed by atoms with E-state index in [1.807, 2.05) is 0 Å². The molecule has 0 bridgehead atoms. The van der Waals surface area contributed by atoms with Gasteiger partial charge in [0.15, 0.2) is 0 Å². The van der Waals surface area contributed by atoms with Crippen LogP contribution in [0.5, 0.6) is 0 Å². The molecule has 0 unspecified atom stereocenters. The van der Waals surface area contributed by atoms with Crippen molar-refractivity contribution >= 4 is 33.7 Å². The second kappa shape index (κ2) is 5.45. The van der Waals surface area contributed by atoms with Gasteiger partial charge in [0, 0.05) is 22.3 Å². The van der Waals surface area contributed by atoms with Gasteiger partial charge in [0.05, 0.1) is 5.75 Å². The van der Waals surface area contributed by atoms with Crippen molar-refractivity contribution in [1.82, 2.24) is 14.6 Å². The lowest BCUT2D eigenvalue weighted by atomic mass is 10.3. The first-order valence-electron chi connectivity index (χ1n) is 6.06. The standard InChI is InChI=1S/C13H11FN4OS2/c1-7-2-12(19)18-13(16-7)21-11(17-18)6-20-10-4-8(14)3-9(15)5-10/h2-5H,6,15H2,1H3. The number of nitrogen functional groups attached to an aromatic ring is 1. The van der Waals surface area contributed by atoms with Crippen LogP contribution in [-0.2, 0) is 5.75 Å². The Hall–Kier alpha value is -1.93. The van der Waals surface area contributed by atoms with Crippen LogP contribution in [0.25, 0.3) is 4.96 Å². The summed E-state index contributed by atoms with van der Waals surface area (Å²) in [6.07, 6.45) is 0. The van der Waals surface area contributed by atoms with E-state index in [2.05, 4.69) is 10.1 Å². The molecular weight excluding hydrogens is 311 g/mol. The molecular formula is C13H11FN4OS2. The summed E-state index contributed by atoms with van der Waals surface area (Å²) in [5.41, 5.74) is 6.46.